The van der Waals surface area contributed by atoms with Crippen molar-refractivity contribution in [2.45, 2.75) is 24.8 Å². The third kappa shape index (κ3) is 3.32. The summed E-state index contributed by atoms with van der Waals surface area (Å²) in [5.41, 5.74) is 1.52. The number of fused-ring (bicyclic) bond motifs is 4. The average molecular weight is 485 g/mol. The number of carbonyl (C=O) groups excluding carboxylic acids is 2. The van der Waals surface area contributed by atoms with Crippen LogP contribution in [0.1, 0.15) is 36.2 Å². The van der Waals surface area contributed by atoms with Crippen LogP contribution in [0.2, 0.25) is 10.0 Å². The number of hydrogen-bond acceptors (Lipinski definition) is 5. The van der Waals surface area contributed by atoms with Crippen molar-refractivity contribution in [3.05, 3.63) is 69.3 Å². The van der Waals surface area contributed by atoms with Crippen molar-refractivity contribution in [2.75, 3.05) is 30.4 Å². The fourth-order valence-electron chi connectivity index (χ4n) is 4.74. The molecular weight excluding hydrogens is 463 g/mol. The van der Waals surface area contributed by atoms with E-state index in [1.165, 1.54) is 0 Å². The summed E-state index contributed by atoms with van der Waals surface area (Å²) in [7, 11) is 1.83. The molecule has 0 unspecified atom stereocenters. The van der Waals surface area contributed by atoms with Crippen molar-refractivity contribution in [3.8, 4) is 0 Å². The Morgan fingerprint density at radius 2 is 1.88 bits per heavy atom. The number of nitrogens with zero attached hydrogens (tertiary/aromatic N) is 4. The highest BCUT2D eigenvalue weighted by Crippen LogP contribution is 2.52. The van der Waals surface area contributed by atoms with Crippen LogP contribution in [0.25, 0.3) is 0 Å². The van der Waals surface area contributed by atoms with E-state index in [0.29, 0.717) is 40.2 Å². The molecule has 2 aliphatic heterocycles. The Morgan fingerprint density at radius 3 is 2.61 bits per heavy atom. The molecule has 1 aromatic heterocycles. The molecule has 10 heteroatoms. The predicted molar refractivity (Wildman–Crippen MR) is 127 cm³/mol. The van der Waals surface area contributed by atoms with Crippen molar-refractivity contribution in [1.29, 1.82) is 0 Å². The number of carbonyl (C=O) groups is 2. The molecule has 1 spiro atoms. The van der Waals surface area contributed by atoms with Gasteiger partial charge in [-0.15, -0.1) is 5.10 Å². The number of aromatic nitrogens is 3. The minimum atomic E-state index is -1.27. The molecule has 170 valence electrons. The molecule has 33 heavy (non-hydrogen) atoms. The molecule has 2 N–H and O–H groups in total. The largest absolute Gasteiger partial charge is 0.318 e. The molecule has 0 aliphatic carbocycles. The maximum atomic E-state index is 13.9. The highest BCUT2D eigenvalue weighted by molar-refractivity contribution is 6.31. The first-order valence-corrected chi connectivity index (χ1v) is 11.4. The molecule has 3 aromatic rings. The Hall–Kier alpha value is -2.94. The van der Waals surface area contributed by atoms with E-state index in [-0.39, 0.29) is 24.3 Å². The number of amides is 2. The van der Waals surface area contributed by atoms with E-state index in [1.54, 1.807) is 33.8 Å². The van der Waals surface area contributed by atoms with Crippen LogP contribution < -0.4 is 15.5 Å². The van der Waals surface area contributed by atoms with Gasteiger partial charge in [0.25, 0.3) is 0 Å². The van der Waals surface area contributed by atoms with Crippen LogP contribution >= 0.6 is 23.2 Å². The number of benzene rings is 2. The van der Waals surface area contributed by atoms with Gasteiger partial charge < -0.3 is 15.5 Å². The van der Waals surface area contributed by atoms with Crippen LogP contribution in [0.4, 0.5) is 11.5 Å². The summed E-state index contributed by atoms with van der Waals surface area (Å²) in [6, 6.07) is 12.5. The molecule has 2 amide bonds. The van der Waals surface area contributed by atoms with E-state index in [2.05, 4.69) is 20.9 Å². The van der Waals surface area contributed by atoms with Gasteiger partial charge in [-0.3, -0.25) is 9.59 Å². The Bertz CT molecular complexity index is 1260. The second-order valence-corrected chi connectivity index (χ2v) is 9.18. The molecule has 0 bridgehead atoms. The average Bonchev–Trinajstić information content (AvgIpc) is 3.31. The minimum absolute atomic E-state index is 0.0593. The predicted octanol–water partition coefficient (Wildman–Crippen LogP) is 3.39. The Kier molecular flexibility index (Phi) is 5.39. The topological polar surface area (TPSA) is 92.2 Å². The van der Waals surface area contributed by atoms with Crippen LogP contribution in [0.3, 0.4) is 0 Å². The van der Waals surface area contributed by atoms with Gasteiger partial charge in [0, 0.05) is 28.8 Å². The van der Waals surface area contributed by atoms with Gasteiger partial charge in [0.05, 0.1) is 12.5 Å². The normalized spacial score (nSPS) is 20.1. The van der Waals surface area contributed by atoms with Gasteiger partial charge in [-0.25, -0.2) is 4.68 Å². The Labute approximate surface area is 200 Å². The summed E-state index contributed by atoms with van der Waals surface area (Å²) in [5, 5.41) is 15.9. The minimum Gasteiger partial charge on any atom is -0.318 e. The third-order valence-electron chi connectivity index (χ3n) is 6.41. The lowest BCUT2D eigenvalue weighted by molar-refractivity contribution is -0.126. The van der Waals surface area contributed by atoms with Crippen molar-refractivity contribution in [3.63, 3.8) is 0 Å². The highest BCUT2D eigenvalue weighted by atomic mass is 35.5. The van der Waals surface area contributed by atoms with Crippen molar-refractivity contribution in [1.82, 2.24) is 20.3 Å². The van der Waals surface area contributed by atoms with Crippen molar-refractivity contribution >= 4 is 46.5 Å². The summed E-state index contributed by atoms with van der Waals surface area (Å²) >= 11 is 12.4. The fourth-order valence-corrected chi connectivity index (χ4v) is 5.04. The Morgan fingerprint density at radius 1 is 1.15 bits per heavy atom. The first kappa shape index (κ1) is 21.9. The maximum absolute atomic E-state index is 13.9. The zero-order chi connectivity index (χ0) is 23.3. The number of halogens is 2. The summed E-state index contributed by atoms with van der Waals surface area (Å²) in [6.45, 7) is 3.01. The molecule has 3 heterocycles. The van der Waals surface area contributed by atoms with E-state index in [0.717, 1.165) is 11.3 Å². The first-order valence-electron chi connectivity index (χ1n) is 10.6. The van der Waals surface area contributed by atoms with E-state index in [1.807, 2.05) is 32.2 Å². The summed E-state index contributed by atoms with van der Waals surface area (Å²) in [6.07, 6.45) is -0.0593. The van der Waals surface area contributed by atoms with Crippen LogP contribution in [0.5, 0.6) is 0 Å². The van der Waals surface area contributed by atoms with Gasteiger partial charge >= 0.3 is 0 Å². The quantitative estimate of drug-likeness (QED) is 0.578. The number of nitrogens with one attached hydrogen (secondary N) is 2. The van der Waals surface area contributed by atoms with Crippen molar-refractivity contribution < 1.29 is 9.59 Å². The molecule has 2 aliphatic rings. The van der Waals surface area contributed by atoms with Crippen LogP contribution in [-0.4, -0.2) is 46.9 Å². The molecule has 2 atom stereocenters. The summed E-state index contributed by atoms with van der Waals surface area (Å²) in [4.78, 5) is 28.6. The highest BCUT2D eigenvalue weighted by Gasteiger charge is 2.58. The SMILES string of the molecule is CNCCN1C(=O)[C@]2(CC(=O)Nc3c2nnn3[C@@H](C)c2ccc(Cl)cc2)c2cc(Cl)ccc21. The van der Waals surface area contributed by atoms with Gasteiger partial charge in [0.2, 0.25) is 11.8 Å². The zero-order valence-electron chi connectivity index (χ0n) is 18.1. The van der Waals surface area contributed by atoms with E-state index in [4.69, 9.17) is 23.2 Å². The second kappa shape index (κ2) is 8.13. The smallest absolute Gasteiger partial charge is 0.244 e. The number of rotatable bonds is 5. The maximum Gasteiger partial charge on any atom is 0.244 e. The number of likely N-dealkylation sites (N-methyl/N-ethyl adjacent to an activating group) is 1. The Balaban J connectivity index is 1.67. The molecule has 0 saturated heterocycles. The molecule has 0 fully saturated rings. The number of anilines is 2. The van der Waals surface area contributed by atoms with Gasteiger partial charge in [-0.2, -0.15) is 0 Å². The van der Waals surface area contributed by atoms with Gasteiger partial charge in [0.1, 0.15) is 11.1 Å². The third-order valence-corrected chi connectivity index (χ3v) is 6.89. The molecule has 0 radical (unpaired) electrons. The van der Waals surface area contributed by atoms with Gasteiger partial charge in [0.15, 0.2) is 5.82 Å². The molecule has 5 rings (SSSR count). The molecule has 0 saturated carbocycles. The molecule has 2 aromatic carbocycles. The van der Waals surface area contributed by atoms with E-state index in [9.17, 15) is 9.59 Å². The monoisotopic (exact) mass is 484 g/mol. The summed E-state index contributed by atoms with van der Waals surface area (Å²) in [5.74, 6) is -0.0511. The van der Waals surface area contributed by atoms with E-state index < -0.39 is 5.41 Å². The van der Waals surface area contributed by atoms with Gasteiger partial charge in [-0.05, 0) is 55.4 Å². The second-order valence-electron chi connectivity index (χ2n) is 8.31. The van der Waals surface area contributed by atoms with Crippen LogP contribution in [0, 0.1) is 0 Å². The molecule has 8 nitrogen and oxygen atoms in total. The zero-order valence-corrected chi connectivity index (χ0v) is 19.6. The molecular formula is C23H22Cl2N6O2. The lowest BCUT2D eigenvalue weighted by Gasteiger charge is -2.31. The first-order chi connectivity index (χ1) is 15.9. The van der Waals surface area contributed by atoms with Crippen LogP contribution in [0.15, 0.2) is 42.5 Å². The fraction of sp³-hybridized carbons (Fsp3) is 0.304. The number of hydrogen-bond donors (Lipinski definition) is 2. The van der Waals surface area contributed by atoms with Crippen LogP contribution in [-0.2, 0) is 15.0 Å². The lowest BCUT2D eigenvalue weighted by Crippen LogP contribution is -2.48. The standard InChI is InChI=1S/C23H22Cl2N6O2/c1-13(14-3-5-15(24)6-4-14)31-21-20(28-29-31)23(12-19(32)27-21)17-11-16(25)7-8-18(17)30(22(23)33)10-9-26-2/h3-8,11,13,26H,9-10,12H2,1-2H3,(H,27,32)/t13-,23+/m0/s1. The summed E-state index contributed by atoms with van der Waals surface area (Å²) < 4.78 is 1.64. The lowest BCUT2D eigenvalue weighted by atomic mass is 9.73. The van der Waals surface area contributed by atoms with Gasteiger partial charge in [-0.1, -0.05) is 40.5 Å². The van der Waals surface area contributed by atoms with E-state index >= 15 is 0 Å². The van der Waals surface area contributed by atoms with Crippen molar-refractivity contribution in [2.24, 2.45) is 0 Å².